The Hall–Kier alpha value is -1.18. The van der Waals surface area contributed by atoms with Gasteiger partial charge in [-0.2, -0.15) is 0 Å². The molecule has 0 aromatic heterocycles. The monoisotopic (exact) mass is 445 g/mol. The van der Waals surface area contributed by atoms with E-state index >= 15 is 0 Å². The number of hydrogen-bond donors (Lipinski definition) is 5. The van der Waals surface area contributed by atoms with Crippen molar-refractivity contribution in [3.8, 4) is 0 Å². The van der Waals surface area contributed by atoms with Crippen molar-refractivity contribution in [1.82, 2.24) is 21.3 Å². The summed E-state index contributed by atoms with van der Waals surface area (Å²) in [5.41, 5.74) is 6.00. The van der Waals surface area contributed by atoms with Crippen molar-refractivity contribution < 1.29 is 9.59 Å². The van der Waals surface area contributed by atoms with Crippen LogP contribution in [0, 0.1) is 29.6 Å². The maximum absolute atomic E-state index is 13.3. The second-order valence-corrected chi connectivity index (χ2v) is 11.7. The molecule has 0 aromatic rings. The third-order valence-corrected chi connectivity index (χ3v) is 9.33. The lowest BCUT2D eigenvalue weighted by Gasteiger charge is -2.41. The number of nitrogens with one attached hydrogen (secondary N) is 4. The second-order valence-electron chi connectivity index (χ2n) is 11.7. The van der Waals surface area contributed by atoms with Gasteiger partial charge in [-0.15, -0.1) is 0 Å². The zero-order valence-electron chi connectivity index (χ0n) is 19.8. The second kappa shape index (κ2) is 9.22. The van der Waals surface area contributed by atoms with E-state index in [0.29, 0.717) is 36.3 Å². The van der Waals surface area contributed by atoms with Crippen molar-refractivity contribution in [3.63, 3.8) is 0 Å². The lowest BCUT2D eigenvalue weighted by Crippen LogP contribution is -2.62. The van der Waals surface area contributed by atoms with E-state index in [-0.39, 0.29) is 47.9 Å². The molecule has 2 amide bonds. The fourth-order valence-electron chi connectivity index (χ4n) is 6.94. The standard InChI is InChI=1S/C25H43N5O2/c1-13-4-3-5-16-11-20(28-21(13)16)25(32)30-23(15-6-7-15)22-14(2)10-17(12-27-22)24(31)29-19-9-8-18(19)26/h13-23,27-28H,3-12,26H2,1-2H3,(H,29,31)(H,30,32)/t13?,14?,16?,17?,18-,19-,20?,21?,22?,23?/m1/s1. The smallest absolute Gasteiger partial charge is 0.237 e. The van der Waals surface area contributed by atoms with E-state index in [4.69, 9.17) is 5.73 Å². The minimum Gasteiger partial charge on any atom is -0.352 e. The van der Waals surface area contributed by atoms with E-state index in [9.17, 15) is 9.59 Å². The number of amides is 2. The van der Waals surface area contributed by atoms with Gasteiger partial charge >= 0.3 is 0 Å². The third-order valence-electron chi connectivity index (χ3n) is 9.33. The summed E-state index contributed by atoms with van der Waals surface area (Å²) < 4.78 is 0. The van der Waals surface area contributed by atoms with Crippen molar-refractivity contribution in [1.29, 1.82) is 0 Å². The first kappa shape index (κ1) is 22.6. The molecule has 5 rings (SSSR count). The summed E-state index contributed by atoms with van der Waals surface area (Å²) in [4.78, 5) is 26.0. The molecule has 2 saturated heterocycles. The van der Waals surface area contributed by atoms with Crippen LogP contribution >= 0.6 is 0 Å². The summed E-state index contributed by atoms with van der Waals surface area (Å²) in [5, 5.41) is 14.0. The molecular weight excluding hydrogens is 402 g/mol. The van der Waals surface area contributed by atoms with Gasteiger partial charge in [-0.1, -0.05) is 20.3 Å². The first-order valence-electron chi connectivity index (χ1n) is 13.3. The number of rotatable bonds is 6. The SMILES string of the molecule is CC1CCCC2CC(C(=O)NC(C3CC3)C3NCC(C(=O)N[C@@H]4CC[C@H]4N)CC3C)NC12. The average Bonchev–Trinajstić information content (AvgIpc) is 3.52. The van der Waals surface area contributed by atoms with E-state index in [1.807, 2.05) is 0 Å². The Bertz CT molecular complexity index is 712. The molecule has 7 nitrogen and oxygen atoms in total. The molecule has 180 valence electrons. The minimum atomic E-state index is -0.0455. The average molecular weight is 446 g/mol. The molecule has 10 atom stereocenters. The van der Waals surface area contributed by atoms with Crippen LogP contribution in [0.1, 0.15) is 71.6 Å². The van der Waals surface area contributed by atoms with Gasteiger partial charge in [-0.25, -0.2) is 0 Å². The van der Waals surface area contributed by atoms with Crippen LogP contribution in [0.5, 0.6) is 0 Å². The van der Waals surface area contributed by atoms with Crippen LogP contribution in [0.15, 0.2) is 0 Å². The van der Waals surface area contributed by atoms with E-state index in [1.165, 1.54) is 32.1 Å². The number of hydrogen-bond acceptors (Lipinski definition) is 5. The zero-order chi connectivity index (χ0) is 22.4. The van der Waals surface area contributed by atoms with Gasteiger partial charge < -0.3 is 27.0 Å². The third kappa shape index (κ3) is 4.58. The molecule has 2 heterocycles. The van der Waals surface area contributed by atoms with Gasteiger partial charge in [0.25, 0.3) is 0 Å². The first-order valence-corrected chi connectivity index (χ1v) is 13.3. The Labute approximate surface area is 192 Å². The number of piperidine rings is 1. The molecular formula is C25H43N5O2. The highest BCUT2D eigenvalue weighted by Crippen LogP contribution is 2.39. The predicted octanol–water partition coefficient (Wildman–Crippen LogP) is 1.27. The molecule has 7 heteroatoms. The Morgan fingerprint density at radius 3 is 2.41 bits per heavy atom. The van der Waals surface area contributed by atoms with Crippen LogP contribution in [0.25, 0.3) is 0 Å². The molecule has 3 aliphatic carbocycles. The Balaban J connectivity index is 1.16. The molecule has 5 fully saturated rings. The molecule has 0 bridgehead atoms. The number of fused-ring (bicyclic) bond motifs is 1. The maximum atomic E-state index is 13.3. The number of carbonyl (C=O) groups is 2. The molecule has 6 N–H and O–H groups in total. The molecule has 3 saturated carbocycles. The fraction of sp³-hybridized carbons (Fsp3) is 0.920. The highest BCUT2D eigenvalue weighted by Gasteiger charge is 2.46. The Morgan fingerprint density at radius 2 is 1.78 bits per heavy atom. The van der Waals surface area contributed by atoms with Crippen molar-refractivity contribution in [3.05, 3.63) is 0 Å². The summed E-state index contributed by atoms with van der Waals surface area (Å²) in [6.07, 6.45) is 10.1. The van der Waals surface area contributed by atoms with E-state index in [1.54, 1.807) is 0 Å². The molecule has 0 spiro atoms. The summed E-state index contributed by atoms with van der Waals surface area (Å²) in [6, 6.07) is 1.14. The van der Waals surface area contributed by atoms with Gasteiger partial charge in [0.2, 0.25) is 11.8 Å². The van der Waals surface area contributed by atoms with E-state index in [0.717, 1.165) is 25.7 Å². The Morgan fingerprint density at radius 1 is 0.969 bits per heavy atom. The van der Waals surface area contributed by atoms with Crippen molar-refractivity contribution >= 4 is 11.8 Å². The van der Waals surface area contributed by atoms with Crippen molar-refractivity contribution in [2.24, 2.45) is 35.3 Å². The Kier molecular flexibility index (Phi) is 6.52. The first-order chi connectivity index (χ1) is 15.4. The topological polar surface area (TPSA) is 108 Å². The highest BCUT2D eigenvalue weighted by atomic mass is 16.2. The van der Waals surface area contributed by atoms with E-state index < -0.39 is 0 Å². The lowest BCUT2D eigenvalue weighted by atomic mass is 9.78. The van der Waals surface area contributed by atoms with Crippen LogP contribution in [0.4, 0.5) is 0 Å². The molecule has 2 aliphatic heterocycles. The van der Waals surface area contributed by atoms with Crippen molar-refractivity contribution in [2.75, 3.05) is 6.54 Å². The van der Waals surface area contributed by atoms with Gasteiger partial charge in [0.05, 0.1) is 12.0 Å². The van der Waals surface area contributed by atoms with Crippen LogP contribution in [-0.4, -0.2) is 54.6 Å². The quantitative estimate of drug-likeness (QED) is 0.423. The molecule has 5 aliphatic rings. The van der Waals surface area contributed by atoms with Gasteiger partial charge in [0.1, 0.15) is 0 Å². The number of carbonyl (C=O) groups excluding carboxylic acids is 2. The van der Waals surface area contributed by atoms with Crippen LogP contribution in [0.3, 0.4) is 0 Å². The zero-order valence-corrected chi connectivity index (χ0v) is 19.8. The molecule has 0 aromatic carbocycles. The summed E-state index contributed by atoms with van der Waals surface area (Å²) in [7, 11) is 0. The molecule has 32 heavy (non-hydrogen) atoms. The highest BCUT2D eigenvalue weighted by molar-refractivity contribution is 5.82. The van der Waals surface area contributed by atoms with Gasteiger partial charge in [0.15, 0.2) is 0 Å². The van der Waals surface area contributed by atoms with Gasteiger partial charge in [-0.3, -0.25) is 9.59 Å². The predicted molar refractivity (Wildman–Crippen MR) is 125 cm³/mol. The fourth-order valence-corrected chi connectivity index (χ4v) is 6.94. The van der Waals surface area contributed by atoms with Gasteiger partial charge in [-0.05, 0) is 75.0 Å². The van der Waals surface area contributed by atoms with Crippen LogP contribution in [-0.2, 0) is 9.59 Å². The van der Waals surface area contributed by atoms with Crippen molar-refractivity contribution in [2.45, 2.75) is 108 Å². The maximum Gasteiger partial charge on any atom is 0.237 e. The van der Waals surface area contributed by atoms with E-state index in [2.05, 4.69) is 35.1 Å². The number of nitrogens with two attached hydrogens (primary N) is 1. The lowest BCUT2D eigenvalue weighted by molar-refractivity contribution is -0.128. The normalized spacial score (nSPS) is 44.8. The van der Waals surface area contributed by atoms with Crippen LogP contribution in [0.2, 0.25) is 0 Å². The summed E-state index contributed by atoms with van der Waals surface area (Å²) in [5.74, 6) is 2.57. The minimum absolute atomic E-state index is 0.00860. The van der Waals surface area contributed by atoms with Gasteiger partial charge in [0, 0.05) is 36.8 Å². The largest absolute Gasteiger partial charge is 0.352 e. The molecule has 8 unspecified atom stereocenters. The summed E-state index contributed by atoms with van der Waals surface area (Å²) >= 11 is 0. The summed E-state index contributed by atoms with van der Waals surface area (Å²) in [6.45, 7) is 5.25. The van der Waals surface area contributed by atoms with Crippen LogP contribution < -0.4 is 27.0 Å². The molecule has 0 radical (unpaired) electrons.